The van der Waals surface area contributed by atoms with Crippen LogP contribution in [0, 0.1) is 11.8 Å². The van der Waals surface area contributed by atoms with Gasteiger partial charge in [-0.05, 0) is 24.8 Å². The highest BCUT2D eigenvalue weighted by atomic mass is 16.5. The summed E-state index contributed by atoms with van der Waals surface area (Å²) >= 11 is 0. The molecule has 1 heterocycles. The van der Waals surface area contributed by atoms with Crippen LogP contribution >= 0.6 is 0 Å². The zero-order valence-electron chi connectivity index (χ0n) is 7.16. The highest BCUT2D eigenvalue weighted by molar-refractivity contribution is 5.77. The first-order valence-corrected chi connectivity index (χ1v) is 4.75. The number of esters is 1. The van der Waals surface area contributed by atoms with Gasteiger partial charge in [0.05, 0.1) is 12.2 Å². The topological polar surface area (TPSA) is 26.3 Å². The molecular weight excluding hydrogens is 152 g/mol. The minimum atomic E-state index is -0.0399. The molecule has 1 aliphatic heterocycles. The third-order valence-electron chi connectivity index (χ3n) is 2.90. The molecule has 1 saturated carbocycles. The van der Waals surface area contributed by atoms with E-state index in [0.29, 0.717) is 5.92 Å². The van der Waals surface area contributed by atoms with Crippen molar-refractivity contribution in [1.82, 2.24) is 0 Å². The van der Waals surface area contributed by atoms with Crippen LogP contribution in [0.3, 0.4) is 0 Å². The van der Waals surface area contributed by atoms with Gasteiger partial charge in [-0.1, -0.05) is 19.3 Å². The molecule has 0 N–H and O–H groups in total. The van der Waals surface area contributed by atoms with E-state index in [2.05, 4.69) is 0 Å². The summed E-state index contributed by atoms with van der Waals surface area (Å²) in [5, 5.41) is 0. The van der Waals surface area contributed by atoms with E-state index >= 15 is 0 Å². The number of cyclic esters (lactones) is 1. The first kappa shape index (κ1) is 7.84. The molecule has 12 heavy (non-hydrogen) atoms. The lowest BCUT2D eigenvalue weighted by atomic mass is 9.80. The minimum Gasteiger partial charge on any atom is -0.434 e. The van der Waals surface area contributed by atoms with E-state index in [1.54, 1.807) is 6.26 Å². The molecule has 1 unspecified atom stereocenters. The summed E-state index contributed by atoms with van der Waals surface area (Å²) in [6, 6.07) is 0. The van der Waals surface area contributed by atoms with Gasteiger partial charge in [0.2, 0.25) is 0 Å². The number of hydrogen-bond acceptors (Lipinski definition) is 2. The largest absolute Gasteiger partial charge is 0.434 e. The van der Waals surface area contributed by atoms with Crippen LogP contribution in [0.4, 0.5) is 0 Å². The summed E-state index contributed by atoms with van der Waals surface area (Å²) in [4.78, 5) is 11.2. The van der Waals surface area contributed by atoms with Crippen LogP contribution in [0.1, 0.15) is 32.1 Å². The number of hydrogen-bond donors (Lipinski definition) is 0. The Morgan fingerprint density at radius 3 is 2.58 bits per heavy atom. The summed E-state index contributed by atoms with van der Waals surface area (Å²) in [5.41, 5.74) is 0. The molecule has 66 valence electrons. The van der Waals surface area contributed by atoms with E-state index in [4.69, 9.17) is 4.74 Å². The molecule has 0 amide bonds. The maximum absolute atomic E-state index is 11.2. The van der Waals surface area contributed by atoms with Crippen LogP contribution in [0.5, 0.6) is 0 Å². The smallest absolute Gasteiger partial charge is 0.317 e. The normalized spacial score (nSPS) is 30.7. The van der Waals surface area contributed by atoms with E-state index in [1.807, 2.05) is 6.08 Å². The van der Waals surface area contributed by atoms with Crippen molar-refractivity contribution in [2.75, 3.05) is 0 Å². The molecule has 2 nitrogen and oxygen atoms in total. The minimum absolute atomic E-state index is 0.0399. The van der Waals surface area contributed by atoms with Crippen LogP contribution in [-0.2, 0) is 9.53 Å². The highest BCUT2D eigenvalue weighted by Crippen LogP contribution is 2.33. The Hall–Kier alpha value is -0.790. The van der Waals surface area contributed by atoms with Crippen molar-refractivity contribution in [3.05, 3.63) is 12.3 Å². The highest BCUT2D eigenvalue weighted by Gasteiger charge is 2.31. The van der Waals surface area contributed by atoms with Crippen molar-refractivity contribution in [3.63, 3.8) is 0 Å². The summed E-state index contributed by atoms with van der Waals surface area (Å²) in [7, 11) is 0. The number of ether oxygens (including phenoxy) is 1. The Balaban J connectivity index is 1.97. The fourth-order valence-electron chi connectivity index (χ4n) is 2.19. The SMILES string of the molecule is O=C1OC=CC1C1CCCCC1. The zero-order valence-corrected chi connectivity index (χ0v) is 7.16. The predicted octanol–water partition coefficient (Wildman–Crippen LogP) is 2.25. The van der Waals surface area contributed by atoms with Crippen molar-refractivity contribution in [2.24, 2.45) is 11.8 Å². The second kappa shape index (κ2) is 3.30. The van der Waals surface area contributed by atoms with E-state index in [-0.39, 0.29) is 11.9 Å². The van der Waals surface area contributed by atoms with Crippen LogP contribution in [0.25, 0.3) is 0 Å². The van der Waals surface area contributed by atoms with Crippen molar-refractivity contribution < 1.29 is 9.53 Å². The third kappa shape index (κ3) is 1.38. The van der Waals surface area contributed by atoms with Crippen molar-refractivity contribution in [2.45, 2.75) is 32.1 Å². The Bertz CT molecular complexity index is 202. The lowest BCUT2D eigenvalue weighted by Gasteiger charge is -2.23. The molecule has 2 rings (SSSR count). The van der Waals surface area contributed by atoms with Gasteiger partial charge in [-0.25, -0.2) is 0 Å². The zero-order chi connectivity index (χ0) is 8.39. The van der Waals surface area contributed by atoms with E-state index in [0.717, 1.165) is 0 Å². The maximum atomic E-state index is 11.2. The van der Waals surface area contributed by atoms with Crippen LogP contribution in [-0.4, -0.2) is 5.97 Å². The summed E-state index contributed by atoms with van der Waals surface area (Å²) in [6.07, 6.45) is 9.75. The molecule has 1 atom stereocenters. The number of rotatable bonds is 1. The molecule has 1 fully saturated rings. The Kier molecular flexibility index (Phi) is 2.15. The number of carbonyl (C=O) groups excluding carboxylic acids is 1. The van der Waals surface area contributed by atoms with Crippen LogP contribution in [0.2, 0.25) is 0 Å². The van der Waals surface area contributed by atoms with Crippen LogP contribution < -0.4 is 0 Å². The van der Waals surface area contributed by atoms with Gasteiger partial charge >= 0.3 is 5.97 Å². The molecule has 0 aromatic heterocycles. The van der Waals surface area contributed by atoms with Gasteiger partial charge in [0, 0.05) is 0 Å². The van der Waals surface area contributed by atoms with Crippen LogP contribution in [0.15, 0.2) is 12.3 Å². The van der Waals surface area contributed by atoms with Gasteiger partial charge < -0.3 is 4.74 Å². The second-order valence-electron chi connectivity index (χ2n) is 3.69. The average Bonchev–Trinajstić information content (AvgIpc) is 2.53. The molecule has 0 saturated heterocycles. The molecule has 2 heteroatoms. The van der Waals surface area contributed by atoms with E-state index in [9.17, 15) is 4.79 Å². The first-order chi connectivity index (χ1) is 5.88. The van der Waals surface area contributed by atoms with Gasteiger partial charge in [0.25, 0.3) is 0 Å². The molecule has 0 aromatic rings. The lowest BCUT2D eigenvalue weighted by molar-refractivity contribution is -0.140. The summed E-state index contributed by atoms with van der Waals surface area (Å²) in [5.74, 6) is 0.595. The fourth-order valence-corrected chi connectivity index (χ4v) is 2.19. The second-order valence-corrected chi connectivity index (χ2v) is 3.69. The number of carbonyl (C=O) groups is 1. The van der Waals surface area contributed by atoms with E-state index < -0.39 is 0 Å². The van der Waals surface area contributed by atoms with Gasteiger partial charge in [0.15, 0.2) is 0 Å². The summed E-state index contributed by atoms with van der Waals surface area (Å²) in [6.45, 7) is 0. The van der Waals surface area contributed by atoms with Gasteiger partial charge in [-0.15, -0.1) is 0 Å². The van der Waals surface area contributed by atoms with Gasteiger partial charge in [0.1, 0.15) is 0 Å². The molecule has 0 radical (unpaired) electrons. The molecular formula is C10H14O2. The fraction of sp³-hybridized carbons (Fsp3) is 0.700. The van der Waals surface area contributed by atoms with Gasteiger partial charge in [-0.3, -0.25) is 4.79 Å². The van der Waals surface area contributed by atoms with Crippen molar-refractivity contribution in [1.29, 1.82) is 0 Å². The maximum Gasteiger partial charge on any atom is 0.317 e. The summed E-state index contributed by atoms with van der Waals surface area (Å²) < 4.78 is 4.80. The standard InChI is InChI=1S/C10H14O2/c11-10-9(6-7-12-10)8-4-2-1-3-5-8/h6-9H,1-5H2. The third-order valence-corrected chi connectivity index (χ3v) is 2.90. The molecule has 0 spiro atoms. The van der Waals surface area contributed by atoms with Crippen molar-refractivity contribution in [3.8, 4) is 0 Å². The monoisotopic (exact) mass is 166 g/mol. The Morgan fingerprint density at radius 1 is 1.25 bits per heavy atom. The Labute approximate surface area is 72.6 Å². The molecule has 0 bridgehead atoms. The predicted molar refractivity (Wildman–Crippen MR) is 45.3 cm³/mol. The Morgan fingerprint density at radius 2 is 2.00 bits per heavy atom. The van der Waals surface area contributed by atoms with Crippen molar-refractivity contribution >= 4 is 5.97 Å². The molecule has 0 aromatic carbocycles. The first-order valence-electron chi connectivity index (χ1n) is 4.75. The quantitative estimate of drug-likeness (QED) is 0.558. The molecule has 2 aliphatic rings. The van der Waals surface area contributed by atoms with E-state index in [1.165, 1.54) is 32.1 Å². The molecule has 1 aliphatic carbocycles. The average molecular weight is 166 g/mol. The van der Waals surface area contributed by atoms with Gasteiger partial charge in [-0.2, -0.15) is 0 Å². The lowest BCUT2D eigenvalue weighted by Crippen LogP contribution is -2.21.